The molecule has 2 aromatic heterocycles. The van der Waals surface area contributed by atoms with Crippen LogP contribution in [-0.4, -0.2) is 4.57 Å². The average Bonchev–Trinajstić information content (AvgIpc) is 3.59. The van der Waals surface area contributed by atoms with E-state index in [0.29, 0.717) is 0 Å². The van der Waals surface area contributed by atoms with Crippen molar-refractivity contribution in [2.45, 2.75) is 0 Å². The van der Waals surface area contributed by atoms with Crippen molar-refractivity contribution in [1.82, 2.24) is 4.57 Å². The lowest BCUT2D eigenvalue weighted by Gasteiger charge is -2.12. The van der Waals surface area contributed by atoms with Crippen LogP contribution < -0.4 is 0 Å². The van der Waals surface area contributed by atoms with Crippen LogP contribution in [0, 0.1) is 0 Å². The summed E-state index contributed by atoms with van der Waals surface area (Å²) in [4.78, 5) is 0. The van der Waals surface area contributed by atoms with Gasteiger partial charge in [0.1, 0.15) is 11.2 Å². The molecule has 42 heavy (non-hydrogen) atoms. The topological polar surface area (TPSA) is 18.1 Å². The van der Waals surface area contributed by atoms with E-state index in [9.17, 15) is 0 Å². The first-order valence-electron chi connectivity index (χ1n) is 14.4. The fraction of sp³-hybridized carbons (Fsp3) is 0. The predicted octanol–water partition coefficient (Wildman–Crippen LogP) is 11.2. The van der Waals surface area contributed by atoms with Crippen LogP contribution in [0.1, 0.15) is 0 Å². The average molecular weight is 536 g/mol. The number of aromatic nitrogens is 1. The molecular weight excluding hydrogens is 510 g/mol. The van der Waals surface area contributed by atoms with Crippen LogP contribution in [-0.2, 0) is 0 Å². The molecule has 0 fully saturated rings. The molecule has 0 unspecified atom stereocenters. The van der Waals surface area contributed by atoms with Crippen LogP contribution in [0.5, 0.6) is 0 Å². The molecule has 0 saturated carbocycles. The molecule has 0 spiro atoms. The first-order chi connectivity index (χ1) is 20.8. The molecule has 9 rings (SSSR count). The minimum absolute atomic E-state index is 0.920. The zero-order chi connectivity index (χ0) is 27.6. The van der Waals surface area contributed by atoms with Crippen LogP contribution in [0.25, 0.3) is 82.5 Å². The predicted molar refractivity (Wildman–Crippen MR) is 176 cm³/mol. The fourth-order valence-electron chi connectivity index (χ4n) is 6.63. The summed E-state index contributed by atoms with van der Waals surface area (Å²) in [5.41, 5.74) is 10.3. The molecule has 9 aromatic rings. The van der Waals surface area contributed by atoms with Gasteiger partial charge in [-0.1, -0.05) is 103 Å². The van der Waals surface area contributed by atoms with Crippen molar-refractivity contribution in [3.05, 3.63) is 152 Å². The maximum atomic E-state index is 6.09. The molecule has 7 aromatic carbocycles. The fourth-order valence-corrected chi connectivity index (χ4v) is 6.63. The summed E-state index contributed by atoms with van der Waals surface area (Å²) in [6.45, 7) is 0. The van der Waals surface area contributed by atoms with Gasteiger partial charge in [0.2, 0.25) is 0 Å². The van der Waals surface area contributed by atoms with Gasteiger partial charge in [-0.3, -0.25) is 0 Å². The maximum Gasteiger partial charge on any atom is 0.135 e. The largest absolute Gasteiger partial charge is 0.456 e. The molecule has 196 valence electrons. The lowest BCUT2D eigenvalue weighted by atomic mass is 9.98. The molecule has 0 bridgehead atoms. The Kier molecular flexibility index (Phi) is 4.93. The number of hydrogen-bond donors (Lipinski definition) is 0. The van der Waals surface area contributed by atoms with E-state index in [1.807, 2.05) is 12.1 Å². The van der Waals surface area contributed by atoms with Gasteiger partial charge >= 0.3 is 0 Å². The zero-order valence-electron chi connectivity index (χ0n) is 22.8. The molecule has 0 aliphatic heterocycles. The third-order valence-electron chi connectivity index (χ3n) is 8.59. The Labute approximate surface area is 242 Å². The summed E-state index contributed by atoms with van der Waals surface area (Å²) < 4.78 is 8.48. The van der Waals surface area contributed by atoms with Crippen molar-refractivity contribution in [2.24, 2.45) is 0 Å². The number of para-hydroxylation sites is 2. The maximum absolute atomic E-state index is 6.09. The monoisotopic (exact) mass is 535 g/mol. The third-order valence-corrected chi connectivity index (χ3v) is 8.59. The highest BCUT2D eigenvalue weighted by Gasteiger charge is 2.15. The van der Waals surface area contributed by atoms with E-state index >= 15 is 0 Å². The highest BCUT2D eigenvalue weighted by atomic mass is 16.3. The van der Waals surface area contributed by atoms with Gasteiger partial charge in [-0.05, 0) is 81.6 Å². The van der Waals surface area contributed by atoms with Crippen LogP contribution in [0.4, 0.5) is 0 Å². The molecule has 0 amide bonds. The molecule has 0 N–H and O–H groups in total. The second-order valence-corrected chi connectivity index (χ2v) is 11.0. The van der Waals surface area contributed by atoms with Crippen LogP contribution in [0.3, 0.4) is 0 Å². The standard InChI is InChI=1S/C40H25NO/c1-2-13-31-26(9-1)10-8-16-32(31)29-11-7-12-30(23-29)41-37-17-5-3-14-33(37)35-24-27(19-21-38(35)41)28-20-22-40-36(25-28)34-15-4-6-18-39(34)42-40/h1-25H. The van der Waals surface area contributed by atoms with E-state index in [1.54, 1.807) is 0 Å². The number of benzene rings is 7. The van der Waals surface area contributed by atoms with E-state index in [0.717, 1.165) is 27.6 Å². The Morgan fingerprint density at radius 3 is 1.98 bits per heavy atom. The number of fused-ring (bicyclic) bond motifs is 7. The molecule has 0 saturated heterocycles. The summed E-state index contributed by atoms with van der Waals surface area (Å²) in [7, 11) is 0. The van der Waals surface area contributed by atoms with Gasteiger partial charge in [0.25, 0.3) is 0 Å². The van der Waals surface area contributed by atoms with Crippen molar-refractivity contribution in [3.63, 3.8) is 0 Å². The Hall–Kier alpha value is -5.60. The van der Waals surface area contributed by atoms with Crippen LogP contribution in [0.2, 0.25) is 0 Å². The van der Waals surface area contributed by atoms with Crippen molar-refractivity contribution in [3.8, 4) is 27.9 Å². The minimum Gasteiger partial charge on any atom is -0.456 e. The van der Waals surface area contributed by atoms with Gasteiger partial charge in [0.15, 0.2) is 0 Å². The molecule has 0 atom stereocenters. The zero-order valence-corrected chi connectivity index (χ0v) is 22.8. The van der Waals surface area contributed by atoms with Gasteiger partial charge < -0.3 is 8.98 Å². The molecular formula is C40H25NO. The van der Waals surface area contributed by atoms with Gasteiger partial charge in [0, 0.05) is 27.2 Å². The van der Waals surface area contributed by atoms with Crippen molar-refractivity contribution in [2.75, 3.05) is 0 Å². The third kappa shape index (κ3) is 3.45. The smallest absolute Gasteiger partial charge is 0.135 e. The van der Waals surface area contributed by atoms with Gasteiger partial charge in [-0.25, -0.2) is 0 Å². The van der Waals surface area contributed by atoms with Crippen molar-refractivity contribution in [1.29, 1.82) is 0 Å². The first-order valence-corrected chi connectivity index (χ1v) is 14.4. The molecule has 0 radical (unpaired) electrons. The molecule has 2 nitrogen and oxygen atoms in total. The van der Waals surface area contributed by atoms with E-state index in [2.05, 4.69) is 144 Å². The SMILES string of the molecule is c1cc(-c2cccc3ccccc23)cc(-n2c3ccccc3c3cc(-c4ccc5oc6ccccc6c5c4)ccc32)c1. The minimum atomic E-state index is 0.920. The molecule has 2 heteroatoms. The number of rotatable bonds is 3. The number of furan rings is 1. The van der Waals surface area contributed by atoms with Crippen molar-refractivity contribution >= 4 is 54.5 Å². The summed E-state index contributed by atoms with van der Waals surface area (Å²) in [6, 6.07) is 54.4. The molecule has 0 aliphatic rings. The first kappa shape index (κ1) is 23.1. The highest BCUT2D eigenvalue weighted by molar-refractivity contribution is 6.11. The van der Waals surface area contributed by atoms with Crippen LogP contribution >= 0.6 is 0 Å². The van der Waals surface area contributed by atoms with E-state index < -0.39 is 0 Å². The summed E-state index contributed by atoms with van der Waals surface area (Å²) in [5, 5.41) is 7.32. The van der Waals surface area contributed by atoms with Gasteiger partial charge in [-0.15, -0.1) is 0 Å². The van der Waals surface area contributed by atoms with E-state index in [-0.39, 0.29) is 0 Å². The second kappa shape index (κ2) is 8.95. The normalized spacial score (nSPS) is 11.8. The Balaban J connectivity index is 1.23. The molecule has 2 heterocycles. The second-order valence-electron chi connectivity index (χ2n) is 11.0. The number of hydrogen-bond acceptors (Lipinski definition) is 1. The van der Waals surface area contributed by atoms with Gasteiger partial charge in [-0.2, -0.15) is 0 Å². The molecule has 0 aliphatic carbocycles. The quantitative estimate of drug-likeness (QED) is 0.220. The lowest BCUT2D eigenvalue weighted by Crippen LogP contribution is -1.94. The van der Waals surface area contributed by atoms with Crippen LogP contribution in [0.15, 0.2) is 156 Å². The summed E-state index contributed by atoms with van der Waals surface area (Å²) in [5.74, 6) is 0. The Morgan fingerprint density at radius 1 is 0.381 bits per heavy atom. The number of nitrogens with zero attached hydrogens (tertiary/aromatic N) is 1. The summed E-state index contributed by atoms with van der Waals surface area (Å²) in [6.07, 6.45) is 0. The Bertz CT molecular complexity index is 2470. The lowest BCUT2D eigenvalue weighted by molar-refractivity contribution is 0.669. The highest BCUT2D eigenvalue weighted by Crippen LogP contribution is 2.38. The Morgan fingerprint density at radius 2 is 1.05 bits per heavy atom. The van der Waals surface area contributed by atoms with Crippen molar-refractivity contribution < 1.29 is 4.42 Å². The van der Waals surface area contributed by atoms with Gasteiger partial charge in [0.05, 0.1) is 11.0 Å². The van der Waals surface area contributed by atoms with E-state index in [4.69, 9.17) is 4.42 Å². The van der Waals surface area contributed by atoms with E-state index in [1.165, 1.54) is 54.8 Å². The summed E-state index contributed by atoms with van der Waals surface area (Å²) >= 11 is 0.